The molecule has 1 aliphatic rings. The topological polar surface area (TPSA) is 96.8 Å². The molecule has 31 heavy (non-hydrogen) atoms. The summed E-state index contributed by atoms with van der Waals surface area (Å²) < 4.78 is 11.1. The number of hydrogen-bond acceptors (Lipinski definition) is 6. The van der Waals surface area contributed by atoms with Crippen LogP contribution in [0, 0.1) is 0 Å². The van der Waals surface area contributed by atoms with Gasteiger partial charge in [-0.2, -0.15) is 0 Å². The van der Waals surface area contributed by atoms with Gasteiger partial charge in [0, 0.05) is 22.8 Å². The summed E-state index contributed by atoms with van der Waals surface area (Å²) >= 11 is 6.02. The van der Waals surface area contributed by atoms with E-state index in [4.69, 9.17) is 20.4 Å². The number of rotatable bonds is 5. The fourth-order valence-corrected chi connectivity index (χ4v) is 3.94. The van der Waals surface area contributed by atoms with E-state index in [0.29, 0.717) is 27.3 Å². The van der Waals surface area contributed by atoms with Crippen molar-refractivity contribution in [2.75, 3.05) is 0 Å². The van der Waals surface area contributed by atoms with Crippen LogP contribution in [0.4, 0.5) is 0 Å². The predicted octanol–water partition coefficient (Wildman–Crippen LogP) is 4.85. The van der Waals surface area contributed by atoms with E-state index in [9.17, 15) is 14.7 Å². The molecule has 3 aromatic heterocycles. The number of aromatic nitrogens is 1. The first-order valence-electron chi connectivity index (χ1n) is 9.43. The molecule has 1 unspecified atom stereocenters. The van der Waals surface area contributed by atoms with E-state index in [1.54, 1.807) is 60.9 Å². The molecule has 0 radical (unpaired) electrons. The molecule has 1 aliphatic heterocycles. The highest BCUT2D eigenvalue weighted by Gasteiger charge is 2.45. The largest absolute Gasteiger partial charge is 0.503 e. The molecule has 5 rings (SSSR count). The average Bonchev–Trinajstić information content (AvgIpc) is 3.49. The van der Waals surface area contributed by atoms with Crippen LogP contribution in [0.15, 0.2) is 87.4 Å². The van der Waals surface area contributed by atoms with E-state index >= 15 is 0 Å². The van der Waals surface area contributed by atoms with Crippen LogP contribution in [0.2, 0.25) is 5.02 Å². The molecule has 1 N–H and O–H groups in total. The SMILES string of the molecule is O=C(C1=C(O)C(=O)N(Cc2ccco2)C1c1cccnc1)c1cc2cc(Cl)ccc2o1. The van der Waals surface area contributed by atoms with Crippen molar-refractivity contribution in [1.29, 1.82) is 0 Å². The summed E-state index contributed by atoms with van der Waals surface area (Å²) in [6, 6.07) is 12.5. The second kappa shape index (κ2) is 7.45. The van der Waals surface area contributed by atoms with Gasteiger partial charge in [-0.3, -0.25) is 14.6 Å². The van der Waals surface area contributed by atoms with Crippen LogP contribution in [-0.4, -0.2) is 26.7 Å². The number of benzene rings is 1. The normalized spacial score (nSPS) is 16.5. The van der Waals surface area contributed by atoms with Crippen molar-refractivity contribution >= 4 is 34.3 Å². The first-order chi connectivity index (χ1) is 15.0. The van der Waals surface area contributed by atoms with Gasteiger partial charge >= 0.3 is 0 Å². The number of ketones is 1. The number of aliphatic hydroxyl groups is 1. The minimum absolute atomic E-state index is 0.000329. The van der Waals surface area contributed by atoms with Crippen LogP contribution in [0.3, 0.4) is 0 Å². The molecule has 4 aromatic rings. The molecule has 154 valence electrons. The zero-order valence-corrected chi connectivity index (χ0v) is 16.7. The molecule has 1 aromatic carbocycles. The van der Waals surface area contributed by atoms with Crippen LogP contribution in [-0.2, 0) is 11.3 Å². The molecule has 0 saturated carbocycles. The highest BCUT2D eigenvalue weighted by Crippen LogP contribution is 2.40. The van der Waals surface area contributed by atoms with Gasteiger partial charge in [0.15, 0.2) is 11.5 Å². The fourth-order valence-electron chi connectivity index (χ4n) is 3.76. The molecule has 1 amide bonds. The van der Waals surface area contributed by atoms with Crippen molar-refractivity contribution < 1.29 is 23.5 Å². The average molecular weight is 435 g/mol. The summed E-state index contributed by atoms with van der Waals surface area (Å²) in [5, 5.41) is 11.8. The Morgan fingerprint density at radius 1 is 1.19 bits per heavy atom. The number of hydrogen-bond donors (Lipinski definition) is 1. The molecule has 0 fully saturated rings. The molecule has 7 nitrogen and oxygen atoms in total. The van der Waals surface area contributed by atoms with Gasteiger partial charge in [0.25, 0.3) is 5.91 Å². The molecular weight excluding hydrogens is 420 g/mol. The van der Waals surface area contributed by atoms with Gasteiger partial charge in [-0.05, 0) is 48.0 Å². The molecule has 0 bridgehead atoms. The Kier molecular flexibility index (Phi) is 4.60. The summed E-state index contributed by atoms with van der Waals surface area (Å²) in [5.41, 5.74) is 0.978. The quantitative estimate of drug-likeness (QED) is 0.451. The highest BCUT2D eigenvalue weighted by atomic mass is 35.5. The maximum absolute atomic E-state index is 13.4. The van der Waals surface area contributed by atoms with Crippen molar-refractivity contribution in [2.45, 2.75) is 12.6 Å². The van der Waals surface area contributed by atoms with Crippen LogP contribution >= 0.6 is 11.6 Å². The number of carbonyl (C=O) groups is 2. The summed E-state index contributed by atoms with van der Waals surface area (Å²) in [7, 11) is 0. The third-order valence-corrected chi connectivity index (χ3v) is 5.39. The number of furan rings is 2. The third kappa shape index (κ3) is 3.29. The second-order valence-electron chi connectivity index (χ2n) is 7.09. The number of Topliss-reactive ketones (excluding diaryl/α,β-unsaturated/α-hetero) is 1. The lowest BCUT2D eigenvalue weighted by Crippen LogP contribution is -2.30. The van der Waals surface area contributed by atoms with Crippen LogP contribution < -0.4 is 0 Å². The van der Waals surface area contributed by atoms with Crippen molar-refractivity contribution in [3.63, 3.8) is 0 Å². The van der Waals surface area contributed by atoms with Crippen molar-refractivity contribution in [3.05, 3.63) is 101 Å². The zero-order valence-electron chi connectivity index (χ0n) is 16.0. The molecule has 1 atom stereocenters. The van der Waals surface area contributed by atoms with E-state index in [1.807, 2.05) is 0 Å². The van der Waals surface area contributed by atoms with E-state index in [2.05, 4.69) is 4.98 Å². The minimum Gasteiger partial charge on any atom is -0.503 e. The Balaban J connectivity index is 1.60. The van der Waals surface area contributed by atoms with Crippen molar-refractivity contribution in [2.24, 2.45) is 0 Å². The third-order valence-electron chi connectivity index (χ3n) is 5.16. The van der Waals surface area contributed by atoms with Gasteiger partial charge in [-0.15, -0.1) is 0 Å². The summed E-state index contributed by atoms with van der Waals surface area (Å²) in [6.07, 6.45) is 4.64. The van der Waals surface area contributed by atoms with Gasteiger partial charge < -0.3 is 18.8 Å². The Bertz CT molecular complexity index is 1320. The molecule has 0 spiro atoms. The van der Waals surface area contributed by atoms with Crippen LogP contribution in [0.5, 0.6) is 0 Å². The van der Waals surface area contributed by atoms with E-state index < -0.39 is 23.5 Å². The van der Waals surface area contributed by atoms with Gasteiger partial charge in [0.1, 0.15) is 11.3 Å². The number of fused-ring (bicyclic) bond motifs is 1. The molecule has 0 saturated heterocycles. The lowest BCUT2D eigenvalue weighted by Gasteiger charge is -2.25. The number of amides is 1. The first kappa shape index (κ1) is 19.1. The van der Waals surface area contributed by atoms with Crippen LogP contribution in [0.1, 0.15) is 27.9 Å². The van der Waals surface area contributed by atoms with Gasteiger partial charge in [0.05, 0.1) is 24.4 Å². The maximum Gasteiger partial charge on any atom is 0.290 e. The smallest absolute Gasteiger partial charge is 0.290 e. The van der Waals surface area contributed by atoms with E-state index in [1.165, 1.54) is 11.2 Å². The highest BCUT2D eigenvalue weighted by molar-refractivity contribution is 6.31. The van der Waals surface area contributed by atoms with Crippen molar-refractivity contribution in [3.8, 4) is 0 Å². The van der Waals surface area contributed by atoms with E-state index in [0.717, 1.165) is 0 Å². The van der Waals surface area contributed by atoms with E-state index in [-0.39, 0.29) is 17.9 Å². The Morgan fingerprint density at radius 3 is 2.81 bits per heavy atom. The second-order valence-corrected chi connectivity index (χ2v) is 7.52. The summed E-state index contributed by atoms with van der Waals surface area (Å²) in [5.74, 6) is -1.37. The lowest BCUT2D eigenvalue weighted by molar-refractivity contribution is -0.130. The monoisotopic (exact) mass is 434 g/mol. The number of aliphatic hydroxyl groups excluding tert-OH is 1. The molecule has 8 heteroatoms. The fraction of sp³-hybridized carbons (Fsp3) is 0.0870. The van der Waals surface area contributed by atoms with Gasteiger partial charge in [0.2, 0.25) is 5.78 Å². The molecular formula is C23H15ClN2O5. The Hall–Kier alpha value is -3.84. The molecule has 0 aliphatic carbocycles. The summed E-state index contributed by atoms with van der Waals surface area (Å²) in [4.78, 5) is 31.8. The zero-order chi connectivity index (χ0) is 21.5. The standard InChI is InChI=1S/C23H15ClN2O5/c24-15-5-6-17-14(9-15)10-18(31-17)21(27)19-20(13-3-1-7-25-11-13)26(23(29)22(19)28)12-16-4-2-8-30-16/h1-11,20,28H,12H2. The number of nitrogens with zero attached hydrogens (tertiary/aromatic N) is 2. The molecule has 4 heterocycles. The Labute approximate surface area is 181 Å². The maximum atomic E-state index is 13.4. The number of carbonyl (C=O) groups excluding carboxylic acids is 2. The number of halogens is 1. The lowest BCUT2D eigenvalue weighted by atomic mass is 9.96. The van der Waals surface area contributed by atoms with Crippen LogP contribution in [0.25, 0.3) is 11.0 Å². The number of pyridine rings is 1. The van der Waals surface area contributed by atoms with Gasteiger partial charge in [-0.1, -0.05) is 17.7 Å². The summed E-state index contributed by atoms with van der Waals surface area (Å²) in [6.45, 7) is 0.0714. The van der Waals surface area contributed by atoms with Gasteiger partial charge in [-0.25, -0.2) is 0 Å². The predicted molar refractivity (Wildman–Crippen MR) is 111 cm³/mol. The Morgan fingerprint density at radius 2 is 2.06 bits per heavy atom. The first-order valence-corrected chi connectivity index (χ1v) is 9.81. The minimum atomic E-state index is -0.851. The van der Waals surface area contributed by atoms with Crippen molar-refractivity contribution in [1.82, 2.24) is 9.88 Å².